The minimum Gasteiger partial charge on any atom is -0.351 e. The molecule has 1 fully saturated rings. The van der Waals surface area contributed by atoms with Crippen LogP contribution in [0.1, 0.15) is 20.3 Å². The molecule has 1 rings (SSSR count). The molecule has 0 aliphatic carbocycles. The lowest BCUT2D eigenvalue weighted by molar-refractivity contribution is -0.117. The monoisotopic (exact) mass is 200 g/mol. The summed E-state index contributed by atoms with van der Waals surface area (Å²) in [5.41, 5.74) is 0.694. The molecular weight excluding hydrogens is 183 g/mol. The summed E-state index contributed by atoms with van der Waals surface area (Å²) in [6.07, 6.45) is 1.49. The molecule has 0 bridgehead atoms. The van der Waals surface area contributed by atoms with Crippen molar-refractivity contribution in [2.24, 2.45) is 0 Å². The highest BCUT2D eigenvalue weighted by Gasteiger charge is 2.23. The SMILES string of the molecule is C/C=C(/C)C(=O)NC[C@@H]1C[C@H](F)CN1. The summed E-state index contributed by atoms with van der Waals surface area (Å²) in [5, 5.41) is 5.77. The van der Waals surface area contributed by atoms with Crippen molar-refractivity contribution in [2.45, 2.75) is 32.5 Å². The average molecular weight is 200 g/mol. The number of nitrogens with one attached hydrogen (secondary N) is 2. The lowest BCUT2D eigenvalue weighted by Gasteiger charge is -2.11. The molecule has 0 radical (unpaired) electrons. The Morgan fingerprint density at radius 2 is 2.43 bits per heavy atom. The summed E-state index contributed by atoms with van der Waals surface area (Å²) in [5.74, 6) is -0.0726. The van der Waals surface area contributed by atoms with Crippen LogP contribution in [0.3, 0.4) is 0 Å². The van der Waals surface area contributed by atoms with E-state index in [0.717, 1.165) is 0 Å². The third kappa shape index (κ3) is 3.10. The van der Waals surface area contributed by atoms with E-state index in [1.807, 2.05) is 6.92 Å². The lowest BCUT2D eigenvalue weighted by atomic mass is 10.2. The second-order valence-corrected chi connectivity index (χ2v) is 3.62. The van der Waals surface area contributed by atoms with E-state index in [2.05, 4.69) is 10.6 Å². The van der Waals surface area contributed by atoms with Crippen LogP contribution in [-0.2, 0) is 4.79 Å². The van der Waals surface area contributed by atoms with Gasteiger partial charge in [-0.25, -0.2) is 4.39 Å². The first-order valence-electron chi connectivity index (χ1n) is 4.92. The van der Waals surface area contributed by atoms with E-state index >= 15 is 0 Å². The van der Waals surface area contributed by atoms with Crippen molar-refractivity contribution in [3.8, 4) is 0 Å². The van der Waals surface area contributed by atoms with Gasteiger partial charge in [-0.1, -0.05) is 6.08 Å². The van der Waals surface area contributed by atoms with E-state index < -0.39 is 6.17 Å². The molecule has 80 valence electrons. The Bertz CT molecular complexity index is 240. The molecule has 1 aliphatic rings. The minimum atomic E-state index is -0.764. The topological polar surface area (TPSA) is 41.1 Å². The molecule has 0 aromatic carbocycles. The van der Waals surface area contributed by atoms with Gasteiger partial charge in [-0.3, -0.25) is 4.79 Å². The van der Waals surface area contributed by atoms with E-state index in [4.69, 9.17) is 0 Å². The van der Waals surface area contributed by atoms with Gasteiger partial charge in [0.25, 0.3) is 0 Å². The molecule has 3 nitrogen and oxygen atoms in total. The molecule has 1 saturated heterocycles. The van der Waals surface area contributed by atoms with E-state index in [9.17, 15) is 9.18 Å². The van der Waals surface area contributed by atoms with Crippen molar-refractivity contribution in [2.75, 3.05) is 13.1 Å². The Labute approximate surface area is 83.8 Å². The normalized spacial score (nSPS) is 27.8. The summed E-state index contributed by atoms with van der Waals surface area (Å²) in [4.78, 5) is 11.3. The third-order valence-corrected chi connectivity index (χ3v) is 2.47. The summed E-state index contributed by atoms with van der Waals surface area (Å²) in [6, 6.07) is 0.0820. The van der Waals surface area contributed by atoms with Gasteiger partial charge in [0.05, 0.1) is 0 Å². The van der Waals surface area contributed by atoms with Crippen LogP contribution in [0.5, 0.6) is 0 Å². The number of alkyl halides is 1. The molecule has 2 N–H and O–H groups in total. The van der Waals surface area contributed by atoms with Crippen LogP contribution in [0.4, 0.5) is 4.39 Å². The van der Waals surface area contributed by atoms with Crippen LogP contribution in [0.15, 0.2) is 11.6 Å². The smallest absolute Gasteiger partial charge is 0.246 e. The van der Waals surface area contributed by atoms with Crippen LogP contribution in [0, 0.1) is 0 Å². The summed E-state index contributed by atoms with van der Waals surface area (Å²) < 4.78 is 12.7. The van der Waals surface area contributed by atoms with Crippen LogP contribution in [-0.4, -0.2) is 31.2 Å². The van der Waals surface area contributed by atoms with Crippen molar-refractivity contribution in [1.82, 2.24) is 10.6 Å². The molecule has 14 heavy (non-hydrogen) atoms. The van der Waals surface area contributed by atoms with Gasteiger partial charge in [0.2, 0.25) is 5.91 Å². The van der Waals surface area contributed by atoms with E-state index in [0.29, 0.717) is 25.1 Å². The van der Waals surface area contributed by atoms with E-state index in [1.165, 1.54) is 0 Å². The van der Waals surface area contributed by atoms with E-state index in [1.54, 1.807) is 13.0 Å². The van der Waals surface area contributed by atoms with Gasteiger partial charge >= 0.3 is 0 Å². The summed E-state index contributed by atoms with van der Waals surface area (Å²) in [7, 11) is 0. The van der Waals surface area contributed by atoms with Crippen molar-refractivity contribution >= 4 is 5.91 Å². The quantitative estimate of drug-likeness (QED) is 0.661. The van der Waals surface area contributed by atoms with Gasteiger partial charge in [0, 0.05) is 24.7 Å². The third-order valence-electron chi connectivity index (χ3n) is 2.47. The number of carbonyl (C=O) groups excluding carboxylic acids is 1. The molecular formula is C10H17FN2O. The molecule has 0 unspecified atom stereocenters. The maximum absolute atomic E-state index is 12.7. The summed E-state index contributed by atoms with van der Waals surface area (Å²) >= 11 is 0. The highest BCUT2D eigenvalue weighted by atomic mass is 19.1. The molecule has 0 aromatic heterocycles. The number of hydrogen-bond acceptors (Lipinski definition) is 2. The number of rotatable bonds is 3. The number of halogens is 1. The molecule has 0 aromatic rings. The number of hydrogen-bond donors (Lipinski definition) is 2. The van der Waals surface area contributed by atoms with Crippen LogP contribution < -0.4 is 10.6 Å². The predicted molar refractivity (Wildman–Crippen MR) is 53.7 cm³/mol. The Morgan fingerprint density at radius 1 is 1.71 bits per heavy atom. The van der Waals surface area contributed by atoms with Gasteiger partial charge < -0.3 is 10.6 Å². The lowest BCUT2D eigenvalue weighted by Crippen LogP contribution is -2.37. The molecule has 1 heterocycles. The Morgan fingerprint density at radius 3 is 2.93 bits per heavy atom. The molecule has 1 amide bonds. The second-order valence-electron chi connectivity index (χ2n) is 3.62. The fraction of sp³-hybridized carbons (Fsp3) is 0.700. The molecule has 4 heteroatoms. The highest BCUT2D eigenvalue weighted by Crippen LogP contribution is 2.08. The molecule has 0 saturated carbocycles. The number of amides is 1. The van der Waals surface area contributed by atoms with Gasteiger partial charge in [0.1, 0.15) is 6.17 Å². The van der Waals surface area contributed by atoms with Gasteiger partial charge in [-0.2, -0.15) is 0 Å². The van der Waals surface area contributed by atoms with Crippen molar-refractivity contribution in [3.63, 3.8) is 0 Å². The number of allylic oxidation sites excluding steroid dienone is 1. The van der Waals surface area contributed by atoms with Crippen molar-refractivity contribution in [3.05, 3.63) is 11.6 Å². The maximum atomic E-state index is 12.7. The molecule has 0 spiro atoms. The minimum absolute atomic E-state index is 0.0726. The predicted octanol–water partition coefficient (Wildman–Crippen LogP) is 0.769. The van der Waals surface area contributed by atoms with Gasteiger partial charge in [-0.05, 0) is 20.3 Å². The fourth-order valence-electron chi connectivity index (χ4n) is 1.41. The van der Waals surface area contributed by atoms with Crippen LogP contribution in [0.2, 0.25) is 0 Å². The first-order chi connectivity index (χ1) is 6.63. The maximum Gasteiger partial charge on any atom is 0.246 e. The standard InChI is InChI=1S/C10H17FN2O/c1-3-7(2)10(14)13-6-9-4-8(11)5-12-9/h3,8-9,12H,4-6H2,1-2H3,(H,13,14)/b7-3-/t8-,9-/m0/s1. The second kappa shape index (κ2) is 5.10. The largest absolute Gasteiger partial charge is 0.351 e. The van der Waals surface area contributed by atoms with E-state index in [-0.39, 0.29) is 11.9 Å². The Balaban J connectivity index is 2.24. The average Bonchev–Trinajstić information content (AvgIpc) is 2.59. The van der Waals surface area contributed by atoms with Crippen LogP contribution in [0.25, 0.3) is 0 Å². The highest BCUT2D eigenvalue weighted by molar-refractivity contribution is 5.92. The fourth-order valence-corrected chi connectivity index (χ4v) is 1.41. The van der Waals surface area contributed by atoms with Crippen LogP contribution >= 0.6 is 0 Å². The van der Waals surface area contributed by atoms with Crippen molar-refractivity contribution in [1.29, 1.82) is 0 Å². The first kappa shape index (κ1) is 11.2. The van der Waals surface area contributed by atoms with Gasteiger partial charge in [0.15, 0.2) is 0 Å². The first-order valence-corrected chi connectivity index (χ1v) is 4.92. The summed E-state index contributed by atoms with van der Waals surface area (Å²) in [6.45, 7) is 4.49. The molecule has 2 atom stereocenters. The van der Waals surface area contributed by atoms with Crippen molar-refractivity contribution < 1.29 is 9.18 Å². The Hall–Kier alpha value is -0.900. The number of carbonyl (C=O) groups is 1. The zero-order valence-corrected chi connectivity index (χ0v) is 8.64. The zero-order chi connectivity index (χ0) is 10.6. The zero-order valence-electron chi connectivity index (χ0n) is 8.64. The van der Waals surface area contributed by atoms with Gasteiger partial charge in [-0.15, -0.1) is 0 Å². The Kier molecular flexibility index (Phi) is 4.07. The molecule has 1 aliphatic heterocycles.